The van der Waals surface area contributed by atoms with E-state index in [1.165, 1.54) is 11.8 Å². The van der Waals surface area contributed by atoms with E-state index in [2.05, 4.69) is 20.8 Å². The summed E-state index contributed by atoms with van der Waals surface area (Å²) in [4.78, 5) is 12.1. The molecule has 3 aromatic rings. The first kappa shape index (κ1) is 20.2. The third-order valence-electron chi connectivity index (χ3n) is 4.21. The molecule has 0 aliphatic rings. The molecule has 0 bridgehead atoms. The van der Waals surface area contributed by atoms with E-state index in [0.29, 0.717) is 24.0 Å². The van der Waals surface area contributed by atoms with Gasteiger partial charge in [-0.05, 0) is 30.2 Å². The van der Waals surface area contributed by atoms with Crippen molar-refractivity contribution in [1.82, 2.24) is 20.1 Å². The molecular weight excluding hydrogens is 394 g/mol. The fraction of sp³-hybridized carbons (Fsp3) is 0.250. The van der Waals surface area contributed by atoms with Crippen LogP contribution in [0, 0.1) is 6.92 Å². The van der Waals surface area contributed by atoms with Crippen molar-refractivity contribution >= 4 is 35.0 Å². The molecule has 146 valence electrons. The van der Waals surface area contributed by atoms with Crippen LogP contribution in [-0.4, -0.2) is 26.4 Å². The van der Waals surface area contributed by atoms with Gasteiger partial charge in [-0.15, -0.1) is 10.2 Å². The summed E-state index contributed by atoms with van der Waals surface area (Å²) in [5, 5.41) is 16.0. The van der Waals surface area contributed by atoms with Gasteiger partial charge in [0, 0.05) is 24.3 Å². The van der Waals surface area contributed by atoms with Crippen LogP contribution in [0.5, 0.6) is 0 Å². The Labute approximate surface area is 173 Å². The Morgan fingerprint density at radius 3 is 2.68 bits per heavy atom. The average molecular weight is 416 g/mol. The van der Waals surface area contributed by atoms with Crippen LogP contribution in [0.1, 0.15) is 17.0 Å². The zero-order valence-corrected chi connectivity index (χ0v) is 17.3. The van der Waals surface area contributed by atoms with Gasteiger partial charge >= 0.3 is 0 Å². The molecule has 0 spiro atoms. The van der Waals surface area contributed by atoms with Crippen LogP contribution in [0.2, 0.25) is 5.02 Å². The van der Waals surface area contributed by atoms with Gasteiger partial charge in [0.15, 0.2) is 11.0 Å². The molecule has 0 saturated heterocycles. The molecule has 3 rings (SSSR count). The highest BCUT2D eigenvalue weighted by molar-refractivity contribution is 7.99. The highest BCUT2D eigenvalue weighted by Gasteiger charge is 2.11. The lowest BCUT2D eigenvalue weighted by Crippen LogP contribution is -2.24. The summed E-state index contributed by atoms with van der Waals surface area (Å²) < 4.78 is 1.89. The van der Waals surface area contributed by atoms with Crippen LogP contribution in [0.4, 0.5) is 5.69 Å². The number of amides is 1. The van der Waals surface area contributed by atoms with E-state index < -0.39 is 0 Å². The number of halogens is 1. The Balaban J connectivity index is 1.48. The van der Waals surface area contributed by atoms with Crippen LogP contribution >= 0.6 is 23.4 Å². The summed E-state index contributed by atoms with van der Waals surface area (Å²) in [7, 11) is 1.89. The number of benzene rings is 2. The van der Waals surface area contributed by atoms with E-state index in [1.54, 1.807) is 0 Å². The molecule has 2 N–H and O–H groups in total. The molecule has 0 atom stereocenters. The normalized spacial score (nSPS) is 10.7. The second-order valence-corrected chi connectivity index (χ2v) is 7.68. The molecule has 0 aliphatic carbocycles. The van der Waals surface area contributed by atoms with Crippen LogP contribution in [-0.2, 0) is 24.9 Å². The molecule has 8 heteroatoms. The first-order chi connectivity index (χ1) is 13.5. The molecule has 0 fully saturated rings. The number of carbonyl (C=O) groups is 1. The minimum atomic E-state index is -0.0363. The predicted octanol–water partition coefficient (Wildman–Crippen LogP) is 3.80. The first-order valence-electron chi connectivity index (χ1n) is 8.84. The van der Waals surface area contributed by atoms with E-state index >= 15 is 0 Å². The van der Waals surface area contributed by atoms with E-state index in [1.807, 2.05) is 67.1 Å². The maximum atomic E-state index is 12.1. The fourth-order valence-electron chi connectivity index (χ4n) is 2.49. The van der Waals surface area contributed by atoms with Gasteiger partial charge in [0.1, 0.15) is 0 Å². The van der Waals surface area contributed by atoms with Gasteiger partial charge in [-0.25, -0.2) is 0 Å². The van der Waals surface area contributed by atoms with Crippen molar-refractivity contribution < 1.29 is 4.79 Å². The van der Waals surface area contributed by atoms with Crippen molar-refractivity contribution in [2.45, 2.75) is 25.2 Å². The number of rotatable bonds is 8. The van der Waals surface area contributed by atoms with Gasteiger partial charge in [0.05, 0.1) is 12.3 Å². The lowest BCUT2D eigenvalue weighted by Gasteiger charge is -2.08. The molecule has 0 saturated carbocycles. The minimum absolute atomic E-state index is 0.0363. The van der Waals surface area contributed by atoms with Crippen molar-refractivity contribution in [2.75, 3.05) is 11.1 Å². The minimum Gasteiger partial charge on any atom is -0.378 e. The molecular formula is C20H22ClN5OS. The second-order valence-electron chi connectivity index (χ2n) is 6.33. The van der Waals surface area contributed by atoms with Gasteiger partial charge in [-0.3, -0.25) is 4.79 Å². The monoisotopic (exact) mass is 415 g/mol. The molecule has 1 heterocycles. The van der Waals surface area contributed by atoms with E-state index in [9.17, 15) is 4.79 Å². The molecule has 0 radical (unpaired) electrons. The SMILES string of the molecule is Cc1ccc(NCc2nnc(SCC(=O)NCc3ccccc3)n2C)cc1Cl. The maximum Gasteiger partial charge on any atom is 0.230 e. The molecule has 0 unspecified atom stereocenters. The number of nitrogens with one attached hydrogen (secondary N) is 2. The van der Waals surface area contributed by atoms with Gasteiger partial charge in [-0.1, -0.05) is 59.8 Å². The summed E-state index contributed by atoms with van der Waals surface area (Å²) in [5.74, 6) is 1.04. The largest absolute Gasteiger partial charge is 0.378 e. The molecule has 0 aliphatic heterocycles. The number of aryl methyl sites for hydroxylation is 1. The molecule has 6 nitrogen and oxygen atoms in total. The average Bonchev–Trinajstić information content (AvgIpc) is 3.06. The second kappa shape index (κ2) is 9.61. The van der Waals surface area contributed by atoms with E-state index in [4.69, 9.17) is 11.6 Å². The Hall–Kier alpha value is -2.51. The topological polar surface area (TPSA) is 71.8 Å². The Morgan fingerprint density at radius 1 is 1.14 bits per heavy atom. The zero-order chi connectivity index (χ0) is 19.9. The van der Waals surface area contributed by atoms with Crippen LogP contribution in [0.25, 0.3) is 0 Å². The number of hydrogen-bond donors (Lipinski definition) is 2. The third-order valence-corrected chi connectivity index (χ3v) is 5.64. The van der Waals surface area contributed by atoms with E-state index in [-0.39, 0.29) is 5.91 Å². The predicted molar refractivity (Wildman–Crippen MR) is 114 cm³/mol. The summed E-state index contributed by atoms with van der Waals surface area (Å²) in [5.41, 5.74) is 3.03. The molecule has 1 amide bonds. The summed E-state index contributed by atoms with van der Waals surface area (Å²) in [6, 6.07) is 15.7. The number of thioether (sulfide) groups is 1. The lowest BCUT2D eigenvalue weighted by atomic mass is 10.2. The van der Waals surface area contributed by atoms with Crippen LogP contribution in [0.3, 0.4) is 0 Å². The van der Waals surface area contributed by atoms with Crippen molar-refractivity contribution in [3.63, 3.8) is 0 Å². The fourth-order valence-corrected chi connectivity index (χ4v) is 3.43. The lowest BCUT2D eigenvalue weighted by molar-refractivity contribution is -0.118. The molecule has 1 aromatic heterocycles. The highest BCUT2D eigenvalue weighted by Crippen LogP contribution is 2.21. The first-order valence-corrected chi connectivity index (χ1v) is 10.2. The standard InChI is InChI=1S/C20H22ClN5OS/c1-14-8-9-16(10-17(14)21)22-12-18-24-25-20(26(18)2)28-13-19(27)23-11-15-6-4-3-5-7-15/h3-10,22H,11-13H2,1-2H3,(H,23,27). The summed E-state index contributed by atoms with van der Waals surface area (Å²) in [6.07, 6.45) is 0. The molecule has 2 aromatic carbocycles. The third kappa shape index (κ3) is 5.50. The van der Waals surface area contributed by atoms with Crippen molar-refractivity contribution in [3.05, 3.63) is 70.5 Å². The number of carbonyl (C=O) groups excluding carboxylic acids is 1. The van der Waals surface area contributed by atoms with Gasteiger partial charge in [-0.2, -0.15) is 0 Å². The smallest absolute Gasteiger partial charge is 0.230 e. The van der Waals surface area contributed by atoms with Gasteiger partial charge in [0.25, 0.3) is 0 Å². The zero-order valence-electron chi connectivity index (χ0n) is 15.8. The number of aromatic nitrogens is 3. The van der Waals surface area contributed by atoms with Gasteiger partial charge < -0.3 is 15.2 Å². The van der Waals surface area contributed by atoms with Crippen molar-refractivity contribution in [3.8, 4) is 0 Å². The number of nitrogens with zero attached hydrogens (tertiary/aromatic N) is 3. The Morgan fingerprint density at radius 2 is 1.93 bits per heavy atom. The summed E-state index contributed by atoms with van der Waals surface area (Å²) >= 11 is 7.52. The Bertz CT molecular complexity index is 945. The number of anilines is 1. The quantitative estimate of drug-likeness (QED) is 0.547. The Kier molecular flexibility index (Phi) is 6.95. The maximum absolute atomic E-state index is 12.1. The summed E-state index contributed by atoms with van der Waals surface area (Å²) in [6.45, 7) is 3.01. The highest BCUT2D eigenvalue weighted by atomic mass is 35.5. The van der Waals surface area contributed by atoms with Crippen LogP contribution < -0.4 is 10.6 Å². The number of hydrogen-bond acceptors (Lipinski definition) is 5. The van der Waals surface area contributed by atoms with Crippen molar-refractivity contribution in [1.29, 1.82) is 0 Å². The van der Waals surface area contributed by atoms with Crippen molar-refractivity contribution in [2.24, 2.45) is 7.05 Å². The van der Waals surface area contributed by atoms with E-state index in [0.717, 1.165) is 27.7 Å². The van der Waals surface area contributed by atoms with Crippen LogP contribution in [0.15, 0.2) is 53.7 Å². The molecule has 28 heavy (non-hydrogen) atoms. The van der Waals surface area contributed by atoms with Gasteiger partial charge in [0.2, 0.25) is 5.91 Å².